The van der Waals surface area contributed by atoms with E-state index < -0.39 is 0 Å². The topological polar surface area (TPSA) is 77.4 Å². The van der Waals surface area contributed by atoms with E-state index in [2.05, 4.69) is 22.0 Å². The predicted molar refractivity (Wildman–Crippen MR) is 66.9 cm³/mol. The van der Waals surface area contributed by atoms with Crippen molar-refractivity contribution in [1.29, 1.82) is 0 Å². The van der Waals surface area contributed by atoms with E-state index in [4.69, 9.17) is 15.0 Å². The molecule has 1 saturated heterocycles. The van der Waals surface area contributed by atoms with Gasteiger partial charge in [-0.1, -0.05) is 19.0 Å². The standard InChI is InChI=1S/C12H22N4O2/c1-3-5-16-6-7-17-10(8-16)11-14-12(18-15-11)9(13)4-2/h9-10H,3-8,13H2,1-2H3/t9-,10?/m1/s1. The van der Waals surface area contributed by atoms with Gasteiger partial charge < -0.3 is 15.0 Å². The Morgan fingerprint density at radius 2 is 2.33 bits per heavy atom. The molecule has 1 aliphatic heterocycles. The molecular weight excluding hydrogens is 232 g/mol. The summed E-state index contributed by atoms with van der Waals surface area (Å²) in [5.41, 5.74) is 5.86. The lowest BCUT2D eigenvalue weighted by atomic mass is 10.2. The van der Waals surface area contributed by atoms with Crippen LogP contribution < -0.4 is 5.73 Å². The van der Waals surface area contributed by atoms with Crippen molar-refractivity contribution in [3.63, 3.8) is 0 Å². The molecule has 6 heteroatoms. The minimum atomic E-state index is -0.179. The molecular formula is C12H22N4O2. The summed E-state index contributed by atoms with van der Waals surface area (Å²) in [7, 11) is 0. The molecule has 6 nitrogen and oxygen atoms in total. The highest BCUT2D eigenvalue weighted by molar-refractivity contribution is 4.96. The summed E-state index contributed by atoms with van der Waals surface area (Å²) in [4.78, 5) is 6.71. The molecule has 2 rings (SSSR count). The second-order valence-corrected chi connectivity index (χ2v) is 4.67. The van der Waals surface area contributed by atoms with Crippen molar-refractivity contribution in [3.8, 4) is 0 Å². The summed E-state index contributed by atoms with van der Waals surface area (Å²) in [5.74, 6) is 1.12. The number of ether oxygens (including phenoxy) is 1. The molecule has 0 aromatic carbocycles. The molecule has 1 aliphatic rings. The summed E-state index contributed by atoms with van der Waals surface area (Å²) in [6.07, 6.45) is 1.84. The molecule has 1 unspecified atom stereocenters. The molecule has 1 aromatic rings. The zero-order chi connectivity index (χ0) is 13.0. The summed E-state index contributed by atoms with van der Waals surface area (Å²) in [5, 5.41) is 3.99. The van der Waals surface area contributed by atoms with Crippen LogP contribution in [0.5, 0.6) is 0 Å². The average Bonchev–Trinajstić information content (AvgIpc) is 2.88. The first kappa shape index (κ1) is 13.5. The molecule has 0 radical (unpaired) electrons. The molecule has 0 amide bonds. The van der Waals surface area contributed by atoms with Crippen LogP contribution in [0, 0.1) is 0 Å². The van der Waals surface area contributed by atoms with Gasteiger partial charge in [0, 0.05) is 13.1 Å². The van der Waals surface area contributed by atoms with Gasteiger partial charge in [0.05, 0.1) is 12.6 Å². The van der Waals surface area contributed by atoms with Crippen LogP contribution in [-0.2, 0) is 4.74 Å². The number of aromatic nitrogens is 2. The van der Waals surface area contributed by atoms with Gasteiger partial charge in [-0.2, -0.15) is 4.98 Å². The van der Waals surface area contributed by atoms with E-state index in [0.717, 1.165) is 32.5 Å². The Bertz CT molecular complexity index is 367. The Kier molecular flexibility index (Phi) is 4.68. The zero-order valence-electron chi connectivity index (χ0n) is 11.1. The van der Waals surface area contributed by atoms with Gasteiger partial charge in [0.15, 0.2) is 0 Å². The predicted octanol–water partition coefficient (Wildman–Crippen LogP) is 1.26. The first-order valence-corrected chi connectivity index (χ1v) is 6.67. The smallest absolute Gasteiger partial charge is 0.243 e. The van der Waals surface area contributed by atoms with Crippen molar-refractivity contribution in [1.82, 2.24) is 15.0 Å². The molecule has 2 atom stereocenters. The molecule has 0 saturated carbocycles. The number of hydrogen-bond acceptors (Lipinski definition) is 6. The van der Waals surface area contributed by atoms with E-state index in [1.165, 1.54) is 0 Å². The summed E-state index contributed by atoms with van der Waals surface area (Å²) >= 11 is 0. The van der Waals surface area contributed by atoms with E-state index in [-0.39, 0.29) is 12.1 Å². The van der Waals surface area contributed by atoms with Crippen molar-refractivity contribution in [2.75, 3.05) is 26.2 Å². The van der Waals surface area contributed by atoms with Crippen molar-refractivity contribution in [3.05, 3.63) is 11.7 Å². The van der Waals surface area contributed by atoms with Crippen LogP contribution in [0.15, 0.2) is 4.52 Å². The molecule has 2 heterocycles. The lowest BCUT2D eigenvalue weighted by Crippen LogP contribution is -2.39. The Hall–Kier alpha value is -0.980. The number of nitrogens with two attached hydrogens (primary N) is 1. The van der Waals surface area contributed by atoms with Crippen LogP contribution >= 0.6 is 0 Å². The van der Waals surface area contributed by atoms with E-state index >= 15 is 0 Å². The Morgan fingerprint density at radius 1 is 1.50 bits per heavy atom. The number of morpholine rings is 1. The first-order chi connectivity index (χ1) is 8.74. The maximum Gasteiger partial charge on any atom is 0.243 e. The van der Waals surface area contributed by atoms with Crippen molar-refractivity contribution < 1.29 is 9.26 Å². The van der Waals surface area contributed by atoms with Crippen LogP contribution in [-0.4, -0.2) is 41.3 Å². The molecule has 2 N–H and O–H groups in total. The van der Waals surface area contributed by atoms with Gasteiger partial charge in [-0.25, -0.2) is 0 Å². The zero-order valence-corrected chi connectivity index (χ0v) is 11.1. The average molecular weight is 254 g/mol. The SMILES string of the molecule is CCCN1CCOC(c2noc([C@H](N)CC)n2)C1. The largest absolute Gasteiger partial charge is 0.367 e. The van der Waals surface area contributed by atoms with Crippen LogP contribution in [0.25, 0.3) is 0 Å². The Labute approximate surface area is 107 Å². The van der Waals surface area contributed by atoms with Crippen molar-refractivity contribution in [2.45, 2.75) is 38.8 Å². The fourth-order valence-corrected chi connectivity index (χ4v) is 2.08. The first-order valence-electron chi connectivity index (χ1n) is 6.67. The maximum absolute atomic E-state index is 5.86. The highest BCUT2D eigenvalue weighted by Crippen LogP contribution is 2.21. The normalized spacial score (nSPS) is 23.2. The van der Waals surface area contributed by atoms with Gasteiger partial charge in [-0.3, -0.25) is 4.90 Å². The third-order valence-corrected chi connectivity index (χ3v) is 3.19. The van der Waals surface area contributed by atoms with Crippen LogP contribution in [0.4, 0.5) is 0 Å². The summed E-state index contributed by atoms with van der Waals surface area (Å²) in [6, 6.07) is -0.179. The van der Waals surface area contributed by atoms with E-state index in [1.54, 1.807) is 0 Å². The van der Waals surface area contributed by atoms with Gasteiger partial charge in [0.2, 0.25) is 11.7 Å². The van der Waals surface area contributed by atoms with E-state index in [0.29, 0.717) is 18.3 Å². The minimum Gasteiger partial charge on any atom is -0.367 e. The highest BCUT2D eigenvalue weighted by atomic mass is 16.5. The number of hydrogen-bond donors (Lipinski definition) is 1. The number of rotatable bonds is 5. The lowest BCUT2D eigenvalue weighted by molar-refractivity contribution is -0.0350. The quantitative estimate of drug-likeness (QED) is 0.852. The van der Waals surface area contributed by atoms with Crippen molar-refractivity contribution >= 4 is 0 Å². The van der Waals surface area contributed by atoms with Gasteiger partial charge in [0.1, 0.15) is 6.10 Å². The third kappa shape index (κ3) is 3.07. The fraction of sp³-hybridized carbons (Fsp3) is 0.833. The van der Waals surface area contributed by atoms with E-state index in [9.17, 15) is 0 Å². The van der Waals surface area contributed by atoms with Gasteiger partial charge in [-0.05, 0) is 19.4 Å². The highest BCUT2D eigenvalue weighted by Gasteiger charge is 2.26. The van der Waals surface area contributed by atoms with Gasteiger partial charge in [-0.15, -0.1) is 0 Å². The molecule has 18 heavy (non-hydrogen) atoms. The van der Waals surface area contributed by atoms with Crippen LogP contribution in [0.3, 0.4) is 0 Å². The summed E-state index contributed by atoms with van der Waals surface area (Å²) in [6.45, 7) is 7.77. The maximum atomic E-state index is 5.86. The fourth-order valence-electron chi connectivity index (χ4n) is 2.08. The molecule has 102 valence electrons. The second-order valence-electron chi connectivity index (χ2n) is 4.67. The van der Waals surface area contributed by atoms with Crippen LogP contribution in [0.1, 0.15) is 50.6 Å². The lowest BCUT2D eigenvalue weighted by Gasteiger charge is -2.30. The monoisotopic (exact) mass is 254 g/mol. The number of nitrogens with zero attached hydrogens (tertiary/aromatic N) is 3. The molecule has 1 fully saturated rings. The molecule has 0 bridgehead atoms. The summed E-state index contributed by atoms with van der Waals surface area (Å²) < 4.78 is 10.9. The third-order valence-electron chi connectivity index (χ3n) is 3.19. The molecule has 0 spiro atoms. The van der Waals surface area contributed by atoms with Crippen molar-refractivity contribution in [2.24, 2.45) is 5.73 Å². The van der Waals surface area contributed by atoms with Crippen LogP contribution in [0.2, 0.25) is 0 Å². The Balaban J connectivity index is 2.00. The molecule has 0 aliphatic carbocycles. The Morgan fingerprint density at radius 3 is 3.06 bits per heavy atom. The second kappa shape index (κ2) is 6.26. The van der Waals surface area contributed by atoms with Gasteiger partial charge >= 0.3 is 0 Å². The van der Waals surface area contributed by atoms with E-state index in [1.807, 2.05) is 6.92 Å². The minimum absolute atomic E-state index is 0.0909. The molecule has 1 aromatic heterocycles. The van der Waals surface area contributed by atoms with Gasteiger partial charge in [0.25, 0.3) is 0 Å².